The molecule has 1 atom stereocenters. The molecule has 2 rings (SSSR count). The number of nitrogens with one attached hydrogen (secondary N) is 2. The fourth-order valence-corrected chi connectivity index (χ4v) is 2.28. The Kier molecular flexibility index (Phi) is 6.70. The van der Waals surface area contributed by atoms with Crippen molar-refractivity contribution in [3.8, 4) is 5.75 Å². The van der Waals surface area contributed by atoms with Gasteiger partial charge in [0.1, 0.15) is 5.75 Å². The summed E-state index contributed by atoms with van der Waals surface area (Å²) in [5.74, 6) is -0.338. The second-order valence-electron chi connectivity index (χ2n) is 5.38. The predicted molar refractivity (Wildman–Crippen MR) is 91.3 cm³/mol. The lowest BCUT2D eigenvalue weighted by Crippen LogP contribution is -2.41. The quantitative estimate of drug-likeness (QED) is 0.701. The van der Waals surface area contributed by atoms with E-state index in [1.807, 2.05) is 0 Å². The normalized spacial score (nSPS) is 12.3. The van der Waals surface area contributed by atoms with Gasteiger partial charge in [-0.2, -0.15) is 0 Å². The van der Waals surface area contributed by atoms with E-state index in [0.29, 0.717) is 16.3 Å². The van der Waals surface area contributed by atoms with E-state index in [-0.39, 0.29) is 18.8 Å². The van der Waals surface area contributed by atoms with Gasteiger partial charge in [0.2, 0.25) is 0 Å². The average molecular weight is 389 g/mol. The monoisotopic (exact) mass is 388 g/mol. The molecule has 2 aromatic rings. The van der Waals surface area contributed by atoms with E-state index in [1.165, 1.54) is 24.3 Å². The molecule has 0 aromatic heterocycles. The number of amides is 2. The molecule has 2 aromatic carbocycles. The van der Waals surface area contributed by atoms with Crippen LogP contribution in [0.5, 0.6) is 5.75 Å². The van der Waals surface area contributed by atoms with E-state index < -0.39 is 18.4 Å². The van der Waals surface area contributed by atoms with Gasteiger partial charge < -0.3 is 20.5 Å². The number of urea groups is 1. The zero-order chi connectivity index (χ0) is 19.2. The third-order valence-electron chi connectivity index (χ3n) is 3.30. The van der Waals surface area contributed by atoms with E-state index in [0.717, 1.165) is 0 Å². The number of halogens is 4. The van der Waals surface area contributed by atoms with Gasteiger partial charge in [-0.25, -0.2) is 4.79 Å². The first-order valence-electron chi connectivity index (χ1n) is 7.54. The van der Waals surface area contributed by atoms with Gasteiger partial charge in [-0.05, 0) is 48.4 Å². The van der Waals surface area contributed by atoms with Crippen LogP contribution in [0.15, 0.2) is 48.5 Å². The molecule has 0 aliphatic heterocycles. The highest BCUT2D eigenvalue weighted by Gasteiger charge is 2.30. The average Bonchev–Trinajstić information content (AvgIpc) is 2.56. The van der Waals surface area contributed by atoms with E-state index in [9.17, 15) is 23.1 Å². The molecule has 0 aliphatic rings. The molecule has 0 spiro atoms. The number of hydrogen-bond acceptors (Lipinski definition) is 3. The van der Waals surface area contributed by atoms with Crippen molar-refractivity contribution in [2.75, 3.05) is 11.9 Å². The summed E-state index contributed by atoms with van der Waals surface area (Å²) in [5.41, 5.74) is 1.16. The summed E-state index contributed by atoms with van der Waals surface area (Å²) in [6.45, 7) is -0.338. The maximum atomic E-state index is 12.1. The van der Waals surface area contributed by atoms with Crippen LogP contribution in [-0.2, 0) is 6.42 Å². The Morgan fingerprint density at radius 1 is 1.12 bits per heavy atom. The van der Waals surface area contributed by atoms with Crippen LogP contribution in [0.3, 0.4) is 0 Å². The Morgan fingerprint density at radius 2 is 1.73 bits per heavy atom. The maximum absolute atomic E-state index is 12.1. The first-order valence-corrected chi connectivity index (χ1v) is 7.91. The Morgan fingerprint density at radius 3 is 2.27 bits per heavy atom. The Balaban J connectivity index is 1.90. The number of carbonyl (C=O) groups excluding carboxylic acids is 1. The van der Waals surface area contributed by atoms with Crippen molar-refractivity contribution in [3.63, 3.8) is 0 Å². The highest BCUT2D eigenvalue weighted by molar-refractivity contribution is 6.30. The van der Waals surface area contributed by atoms with Gasteiger partial charge in [-0.3, -0.25) is 0 Å². The zero-order valence-electron chi connectivity index (χ0n) is 13.4. The van der Waals surface area contributed by atoms with Crippen molar-refractivity contribution < 1.29 is 27.8 Å². The molecule has 0 saturated heterocycles. The second kappa shape index (κ2) is 8.77. The predicted octanol–water partition coefficient (Wildman–Crippen LogP) is 3.96. The van der Waals surface area contributed by atoms with Crippen LogP contribution in [0.1, 0.15) is 5.56 Å². The molecule has 0 aliphatic carbocycles. The van der Waals surface area contributed by atoms with Crippen LogP contribution in [0, 0.1) is 0 Å². The Labute approximate surface area is 152 Å². The number of alkyl halides is 3. The van der Waals surface area contributed by atoms with Crippen molar-refractivity contribution in [1.29, 1.82) is 0 Å². The molecule has 9 heteroatoms. The molecular formula is C17H16ClF3N2O3. The highest BCUT2D eigenvalue weighted by Crippen LogP contribution is 2.23. The van der Waals surface area contributed by atoms with Gasteiger partial charge in [-0.1, -0.05) is 23.7 Å². The SMILES string of the molecule is O=C(Nc1ccc(Cl)cc1)NC(CO)Cc1ccc(OC(F)(F)F)cc1. The zero-order valence-corrected chi connectivity index (χ0v) is 14.1. The van der Waals surface area contributed by atoms with Gasteiger partial charge in [0.25, 0.3) is 0 Å². The van der Waals surface area contributed by atoms with Crippen LogP contribution in [-0.4, -0.2) is 30.1 Å². The van der Waals surface area contributed by atoms with Crippen molar-refractivity contribution in [2.24, 2.45) is 0 Å². The lowest BCUT2D eigenvalue weighted by molar-refractivity contribution is -0.274. The summed E-state index contributed by atoms with van der Waals surface area (Å²) in [7, 11) is 0. The number of anilines is 1. The number of rotatable bonds is 6. The Bertz CT molecular complexity index is 722. The minimum absolute atomic E-state index is 0.233. The number of aliphatic hydroxyl groups excluding tert-OH is 1. The number of benzene rings is 2. The van der Waals surface area contributed by atoms with E-state index >= 15 is 0 Å². The Hall–Kier alpha value is -2.45. The van der Waals surface area contributed by atoms with E-state index in [2.05, 4.69) is 15.4 Å². The molecule has 0 heterocycles. The number of aliphatic hydroxyl groups is 1. The lowest BCUT2D eigenvalue weighted by Gasteiger charge is -2.17. The summed E-state index contributed by atoms with van der Waals surface area (Å²) in [6.07, 6.45) is -4.52. The number of carbonyl (C=O) groups is 1. The third kappa shape index (κ3) is 6.81. The minimum atomic E-state index is -4.75. The summed E-state index contributed by atoms with van der Waals surface area (Å²) in [4.78, 5) is 12.0. The maximum Gasteiger partial charge on any atom is 0.573 e. The fraction of sp³-hybridized carbons (Fsp3) is 0.235. The minimum Gasteiger partial charge on any atom is -0.406 e. The third-order valence-corrected chi connectivity index (χ3v) is 3.55. The molecule has 3 N–H and O–H groups in total. The molecule has 0 fully saturated rings. The van der Waals surface area contributed by atoms with Crippen LogP contribution in [0.2, 0.25) is 5.02 Å². The molecule has 140 valence electrons. The lowest BCUT2D eigenvalue weighted by atomic mass is 10.1. The van der Waals surface area contributed by atoms with Crippen LogP contribution >= 0.6 is 11.6 Å². The second-order valence-corrected chi connectivity index (χ2v) is 5.82. The summed E-state index contributed by atoms with van der Waals surface area (Å²) in [5, 5.41) is 15.1. The molecule has 26 heavy (non-hydrogen) atoms. The van der Waals surface area contributed by atoms with Crippen LogP contribution in [0.4, 0.5) is 23.7 Å². The first kappa shape index (κ1) is 19.9. The molecule has 2 amide bonds. The number of hydrogen-bond donors (Lipinski definition) is 3. The summed E-state index contributed by atoms with van der Waals surface area (Å²) >= 11 is 5.76. The van der Waals surface area contributed by atoms with Gasteiger partial charge in [0, 0.05) is 10.7 Å². The van der Waals surface area contributed by atoms with Crippen molar-refractivity contribution >= 4 is 23.3 Å². The number of ether oxygens (including phenoxy) is 1. The van der Waals surface area contributed by atoms with E-state index in [1.54, 1.807) is 24.3 Å². The standard InChI is InChI=1S/C17H16ClF3N2O3/c18-12-3-5-13(6-4-12)22-16(25)23-14(10-24)9-11-1-7-15(8-2-11)26-17(19,20)21/h1-8,14,24H,9-10H2,(H2,22,23,25). The van der Waals surface area contributed by atoms with Crippen LogP contribution < -0.4 is 15.4 Å². The molecule has 5 nitrogen and oxygen atoms in total. The van der Waals surface area contributed by atoms with Gasteiger partial charge >= 0.3 is 12.4 Å². The van der Waals surface area contributed by atoms with Gasteiger partial charge in [-0.15, -0.1) is 13.2 Å². The van der Waals surface area contributed by atoms with Crippen LogP contribution in [0.25, 0.3) is 0 Å². The van der Waals surface area contributed by atoms with E-state index in [4.69, 9.17) is 11.6 Å². The first-order chi connectivity index (χ1) is 12.2. The summed E-state index contributed by atoms with van der Waals surface area (Å²) < 4.78 is 40.2. The summed E-state index contributed by atoms with van der Waals surface area (Å²) in [6, 6.07) is 10.5. The smallest absolute Gasteiger partial charge is 0.406 e. The fourth-order valence-electron chi connectivity index (χ4n) is 2.16. The van der Waals surface area contributed by atoms with Crippen molar-refractivity contribution in [3.05, 3.63) is 59.1 Å². The molecule has 0 radical (unpaired) electrons. The topological polar surface area (TPSA) is 70.6 Å². The largest absolute Gasteiger partial charge is 0.573 e. The van der Waals surface area contributed by atoms with Crippen molar-refractivity contribution in [2.45, 2.75) is 18.8 Å². The van der Waals surface area contributed by atoms with Gasteiger partial charge in [0.05, 0.1) is 12.6 Å². The van der Waals surface area contributed by atoms with Gasteiger partial charge in [0.15, 0.2) is 0 Å². The molecule has 1 unspecified atom stereocenters. The molecule has 0 bridgehead atoms. The molecule has 0 saturated carbocycles. The highest BCUT2D eigenvalue weighted by atomic mass is 35.5. The molecular weight excluding hydrogens is 373 g/mol. The van der Waals surface area contributed by atoms with Crippen molar-refractivity contribution in [1.82, 2.24) is 5.32 Å².